The summed E-state index contributed by atoms with van der Waals surface area (Å²) in [5.74, 6) is 0.501. The molecule has 0 fully saturated rings. The van der Waals surface area contributed by atoms with Crippen LogP contribution in [0.4, 0.5) is 10.5 Å². The van der Waals surface area contributed by atoms with Crippen LogP contribution in [0.1, 0.15) is 21.5 Å². The molecule has 3 amide bonds. The standard InChI is InChI=1S/C19H23N3O3/c1-13-5-4-6-17(14(13)2)22-19(24)21-12-11-20-18(23)15-7-9-16(25-3)10-8-15/h4-10H,11-12H2,1-3H3,(H,20,23)(H2,21,22,24). The highest BCUT2D eigenvalue weighted by molar-refractivity contribution is 5.94. The van der Waals surface area contributed by atoms with E-state index in [1.807, 2.05) is 32.0 Å². The van der Waals surface area contributed by atoms with Gasteiger partial charge in [-0.2, -0.15) is 0 Å². The molecule has 0 saturated carbocycles. The minimum Gasteiger partial charge on any atom is -0.497 e. The average molecular weight is 341 g/mol. The molecule has 2 aromatic carbocycles. The summed E-state index contributed by atoms with van der Waals surface area (Å²) in [5, 5.41) is 8.28. The number of hydrogen-bond donors (Lipinski definition) is 3. The van der Waals surface area contributed by atoms with Crippen molar-refractivity contribution < 1.29 is 14.3 Å². The lowest BCUT2D eigenvalue weighted by atomic mass is 10.1. The summed E-state index contributed by atoms with van der Waals surface area (Å²) >= 11 is 0. The average Bonchev–Trinajstić information content (AvgIpc) is 2.62. The summed E-state index contributed by atoms with van der Waals surface area (Å²) in [4.78, 5) is 23.9. The summed E-state index contributed by atoms with van der Waals surface area (Å²) in [6.45, 7) is 4.62. The first-order valence-corrected chi connectivity index (χ1v) is 8.04. The molecule has 0 aliphatic carbocycles. The Morgan fingerprint density at radius 2 is 1.64 bits per heavy atom. The molecule has 0 bridgehead atoms. The van der Waals surface area contributed by atoms with Gasteiger partial charge in [0.1, 0.15) is 5.75 Å². The summed E-state index contributed by atoms with van der Waals surface area (Å²) in [5.41, 5.74) is 3.47. The van der Waals surface area contributed by atoms with Gasteiger partial charge < -0.3 is 20.7 Å². The molecule has 6 heteroatoms. The van der Waals surface area contributed by atoms with Crippen LogP contribution in [0.3, 0.4) is 0 Å². The van der Waals surface area contributed by atoms with E-state index in [0.717, 1.165) is 16.8 Å². The number of nitrogens with one attached hydrogen (secondary N) is 3. The third kappa shape index (κ3) is 5.24. The van der Waals surface area contributed by atoms with Gasteiger partial charge in [-0.05, 0) is 55.3 Å². The molecule has 3 N–H and O–H groups in total. The number of ether oxygens (including phenoxy) is 1. The third-order valence-corrected chi connectivity index (χ3v) is 3.90. The van der Waals surface area contributed by atoms with E-state index in [-0.39, 0.29) is 11.9 Å². The highest BCUT2D eigenvalue weighted by Crippen LogP contribution is 2.17. The molecule has 2 rings (SSSR count). The summed E-state index contributed by atoms with van der Waals surface area (Å²) in [6, 6.07) is 12.3. The second-order valence-electron chi connectivity index (χ2n) is 5.61. The van der Waals surface area contributed by atoms with E-state index in [4.69, 9.17) is 4.74 Å². The minimum absolute atomic E-state index is 0.195. The lowest BCUT2D eigenvalue weighted by Crippen LogP contribution is -2.36. The molecule has 6 nitrogen and oxygen atoms in total. The van der Waals surface area contributed by atoms with Gasteiger partial charge in [-0.15, -0.1) is 0 Å². The van der Waals surface area contributed by atoms with E-state index in [9.17, 15) is 9.59 Å². The van der Waals surface area contributed by atoms with Crippen LogP contribution < -0.4 is 20.7 Å². The number of rotatable bonds is 6. The number of carbonyl (C=O) groups excluding carboxylic acids is 2. The van der Waals surface area contributed by atoms with Crippen molar-refractivity contribution >= 4 is 17.6 Å². The van der Waals surface area contributed by atoms with Crippen molar-refractivity contribution in [3.05, 3.63) is 59.2 Å². The molecule has 2 aromatic rings. The highest BCUT2D eigenvalue weighted by atomic mass is 16.5. The Hall–Kier alpha value is -3.02. The smallest absolute Gasteiger partial charge is 0.319 e. The van der Waals surface area contributed by atoms with Crippen LogP contribution in [-0.4, -0.2) is 32.1 Å². The van der Waals surface area contributed by atoms with Gasteiger partial charge in [-0.3, -0.25) is 4.79 Å². The predicted molar refractivity (Wildman–Crippen MR) is 98.3 cm³/mol. The number of hydrogen-bond acceptors (Lipinski definition) is 3. The summed E-state index contributed by atoms with van der Waals surface area (Å²) in [6.07, 6.45) is 0. The van der Waals surface area contributed by atoms with E-state index in [1.165, 1.54) is 0 Å². The van der Waals surface area contributed by atoms with Gasteiger partial charge in [0.15, 0.2) is 0 Å². The number of urea groups is 1. The van der Waals surface area contributed by atoms with E-state index in [2.05, 4.69) is 16.0 Å². The maximum absolute atomic E-state index is 12.0. The Labute approximate surface area is 147 Å². The fraction of sp³-hybridized carbons (Fsp3) is 0.263. The number of aryl methyl sites for hydroxylation is 1. The van der Waals surface area contributed by atoms with Gasteiger partial charge in [-0.1, -0.05) is 12.1 Å². The van der Waals surface area contributed by atoms with Crippen LogP contribution in [0.25, 0.3) is 0 Å². The zero-order chi connectivity index (χ0) is 18.2. The van der Waals surface area contributed by atoms with E-state index >= 15 is 0 Å². The van der Waals surface area contributed by atoms with Crippen LogP contribution in [0.5, 0.6) is 5.75 Å². The first kappa shape index (κ1) is 18.3. The van der Waals surface area contributed by atoms with Crippen LogP contribution in [0.2, 0.25) is 0 Å². The Morgan fingerprint density at radius 1 is 0.960 bits per heavy atom. The fourth-order valence-electron chi connectivity index (χ4n) is 2.25. The molecular weight excluding hydrogens is 318 g/mol. The monoisotopic (exact) mass is 341 g/mol. The van der Waals surface area contributed by atoms with Crippen molar-refractivity contribution in [2.24, 2.45) is 0 Å². The normalized spacial score (nSPS) is 10.0. The number of amides is 3. The quantitative estimate of drug-likeness (QED) is 0.707. The van der Waals surface area contributed by atoms with E-state index < -0.39 is 0 Å². The SMILES string of the molecule is COc1ccc(C(=O)NCCNC(=O)Nc2cccc(C)c2C)cc1. The predicted octanol–water partition coefficient (Wildman–Crippen LogP) is 2.86. The maximum atomic E-state index is 12.0. The molecule has 0 aliphatic heterocycles. The molecule has 0 radical (unpaired) electrons. The number of carbonyl (C=O) groups is 2. The minimum atomic E-state index is -0.299. The van der Waals surface area contributed by atoms with Gasteiger partial charge in [0.25, 0.3) is 5.91 Å². The Kier molecular flexibility index (Phi) is 6.39. The Balaban J connectivity index is 1.73. The van der Waals surface area contributed by atoms with Crippen LogP contribution in [0.15, 0.2) is 42.5 Å². The van der Waals surface area contributed by atoms with Crippen molar-refractivity contribution in [3.8, 4) is 5.75 Å². The molecule has 0 heterocycles. The van der Waals surface area contributed by atoms with Crippen LogP contribution in [-0.2, 0) is 0 Å². The largest absolute Gasteiger partial charge is 0.497 e. The maximum Gasteiger partial charge on any atom is 0.319 e. The van der Waals surface area contributed by atoms with Gasteiger partial charge in [0.05, 0.1) is 7.11 Å². The molecule has 0 aromatic heterocycles. The first-order valence-electron chi connectivity index (χ1n) is 8.04. The zero-order valence-electron chi connectivity index (χ0n) is 14.7. The van der Waals surface area contributed by atoms with Crippen molar-refractivity contribution in [3.63, 3.8) is 0 Å². The molecule has 0 spiro atoms. The van der Waals surface area contributed by atoms with Crippen LogP contribution >= 0.6 is 0 Å². The second kappa shape index (κ2) is 8.73. The first-order chi connectivity index (χ1) is 12.0. The molecular formula is C19H23N3O3. The van der Waals surface area contributed by atoms with Crippen molar-refractivity contribution in [1.82, 2.24) is 10.6 Å². The van der Waals surface area contributed by atoms with Gasteiger partial charge in [-0.25, -0.2) is 4.79 Å². The number of benzene rings is 2. The second-order valence-corrected chi connectivity index (χ2v) is 5.61. The molecule has 0 saturated heterocycles. The van der Waals surface area contributed by atoms with E-state index in [1.54, 1.807) is 31.4 Å². The molecule has 0 atom stereocenters. The third-order valence-electron chi connectivity index (χ3n) is 3.90. The van der Waals surface area contributed by atoms with Gasteiger partial charge in [0, 0.05) is 24.3 Å². The number of anilines is 1. The van der Waals surface area contributed by atoms with Crippen LogP contribution in [0, 0.1) is 13.8 Å². The number of methoxy groups -OCH3 is 1. The lowest BCUT2D eigenvalue weighted by molar-refractivity contribution is 0.0954. The van der Waals surface area contributed by atoms with Crippen molar-refractivity contribution in [1.29, 1.82) is 0 Å². The highest BCUT2D eigenvalue weighted by Gasteiger charge is 2.07. The van der Waals surface area contributed by atoms with Crippen molar-refractivity contribution in [2.75, 3.05) is 25.5 Å². The Bertz CT molecular complexity index is 742. The summed E-state index contributed by atoms with van der Waals surface area (Å²) in [7, 11) is 1.57. The topological polar surface area (TPSA) is 79.5 Å². The van der Waals surface area contributed by atoms with Crippen molar-refractivity contribution in [2.45, 2.75) is 13.8 Å². The zero-order valence-corrected chi connectivity index (χ0v) is 14.7. The van der Waals surface area contributed by atoms with Gasteiger partial charge in [0.2, 0.25) is 0 Å². The van der Waals surface area contributed by atoms with E-state index in [0.29, 0.717) is 24.4 Å². The molecule has 0 unspecified atom stereocenters. The fourth-order valence-corrected chi connectivity index (χ4v) is 2.25. The Morgan fingerprint density at radius 3 is 2.32 bits per heavy atom. The summed E-state index contributed by atoms with van der Waals surface area (Å²) < 4.78 is 5.05. The molecule has 0 aliphatic rings. The molecule has 25 heavy (non-hydrogen) atoms. The molecule has 132 valence electrons. The van der Waals surface area contributed by atoms with Gasteiger partial charge >= 0.3 is 6.03 Å². The lowest BCUT2D eigenvalue weighted by Gasteiger charge is -2.12.